The number of furan rings is 1. The number of aromatic nitrogens is 1. The summed E-state index contributed by atoms with van der Waals surface area (Å²) >= 11 is 3.28. The van der Waals surface area contributed by atoms with Gasteiger partial charge in [-0.15, -0.1) is 0 Å². The molecule has 2 rings (SSSR count). The van der Waals surface area contributed by atoms with Crippen LogP contribution in [0.3, 0.4) is 0 Å². The van der Waals surface area contributed by atoms with Crippen molar-refractivity contribution >= 4 is 21.6 Å². The van der Waals surface area contributed by atoms with Crippen molar-refractivity contribution in [2.75, 3.05) is 5.32 Å². The first-order valence-electron chi connectivity index (χ1n) is 4.67. The Hall–Kier alpha value is -1.29. The van der Waals surface area contributed by atoms with Crippen LogP contribution >= 0.6 is 15.9 Å². The summed E-state index contributed by atoms with van der Waals surface area (Å²) in [7, 11) is 0. The molecular formula is C11H11BrN2O. The van der Waals surface area contributed by atoms with E-state index in [2.05, 4.69) is 26.2 Å². The van der Waals surface area contributed by atoms with Crippen LogP contribution in [0.1, 0.15) is 18.7 Å². The van der Waals surface area contributed by atoms with Gasteiger partial charge >= 0.3 is 0 Å². The van der Waals surface area contributed by atoms with Crippen LogP contribution in [0.5, 0.6) is 0 Å². The topological polar surface area (TPSA) is 38.1 Å². The maximum atomic E-state index is 5.45. The van der Waals surface area contributed by atoms with Crippen LogP contribution in [0.4, 0.5) is 5.69 Å². The molecule has 0 aliphatic rings. The van der Waals surface area contributed by atoms with Crippen molar-refractivity contribution in [1.82, 2.24) is 4.98 Å². The van der Waals surface area contributed by atoms with E-state index < -0.39 is 0 Å². The highest BCUT2D eigenvalue weighted by atomic mass is 79.9. The highest BCUT2D eigenvalue weighted by Crippen LogP contribution is 2.22. The third-order valence-electron chi connectivity index (χ3n) is 2.07. The summed E-state index contributed by atoms with van der Waals surface area (Å²) in [6, 6.07) is 7.82. The van der Waals surface area contributed by atoms with E-state index in [4.69, 9.17) is 4.42 Å². The molecular weight excluding hydrogens is 256 g/mol. The lowest BCUT2D eigenvalue weighted by molar-refractivity contribution is 0.471. The van der Waals surface area contributed by atoms with E-state index in [0.717, 1.165) is 16.1 Å². The van der Waals surface area contributed by atoms with Crippen LogP contribution in [0.2, 0.25) is 0 Å². The molecule has 2 aromatic rings. The highest BCUT2D eigenvalue weighted by Gasteiger charge is 2.09. The Kier molecular flexibility index (Phi) is 3.06. The summed E-state index contributed by atoms with van der Waals surface area (Å²) in [6.07, 6.45) is 3.54. The lowest BCUT2D eigenvalue weighted by Gasteiger charge is -2.11. The normalized spacial score (nSPS) is 12.4. The Morgan fingerprint density at radius 2 is 2.27 bits per heavy atom. The fourth-order valence-electron chi connectivity index (χ4n) is 1.33. The van der Waals surface area contributed by atoms with E-state index in [-0.39, 0.29) is 6.04 Å². The molecule has 3 nitrogen and oxygen atoms in total. The Bertz CT molecular complexity index is 427. The maximum absolute atomic E-state index is 5.45. The molecule has 0 aliphatic carbocycles. The predicted octanol–water partition coefficient (Wildman–Crippen LogP) is 3.61. The summed E-state index contributed by atoms with van der Waals surface area (Å²) in [6.45, 7) is 2.04. The SMILES string of the molecule is CC(Nc1cccnc1)c1ccc(Br)o1. The van der Waals surface area contributed by atoms with Crippen molar-refractivity contribution in [3.05, 3.63) is 47.1 Å². The van der Waals surface area contributed by atoms with Gasteiger partial charge in [0.25, 0.3) is 0 Å². The number of nitrogens with zero attached hydrogens (tertiary/aromatic N) is 1. The van der Waals surface area contributed by atoms with Gasteiger partial charge < -0.3 is 9.73 Å². The van der Waals surface area contributed by atoms with Crippen LogP contribution in [-0.2, 0) is 0 Å². The Labute approximate surface area is 96.6 Å². The van der Waals surface area contributed by atoms with Crippen molar-refractivity contribution in [2.24, 2.45) is 0 Å². The van der Waals surface area contributed by atoms with Gasteiger partial charge in [0.15, 0.2) is 4.67 Å². The zero-order valence-electron chi connectivity index (χ0n) is 8.27. The number of nitrogens with one attached hydrogen (secondary N) is 1. The van der Waals surface area contributed by atoms with Crippen molar-refractivity contribution in [3.63, 3.8) is 0 Å². The fraction of sp³-hybridized carbons (Fsp3) is 0.182. The maximum Gasteiger partial charge on any atom is 0.169 e. The standard InChI is InChI=1S/C11H11BrN2O/c1-8(10-4-5-11(12)15-10)14-9-3-2-6-13-7-9/h2-8,14H,1H3. The first-order chi connectivity index (χ1) is 7.25. The van der Waals surface area contributed by atoms with Crippen molar-refractivity contribution in [3.8, 4) is 0 Å². The molecule has 1 unspecified atom stereocenters. The molecule has 2 aromatic heterocycles. The van der Waals surface area contributed by atoms with Gasteiger partial charge in [-0.05, 0) is 47.1 Å². The zero-order valence-corrected chi connectivity index (χ0v) is 9.86. The monoisotopic (exact) mass is 266 g/mol. The molecule has 1 atom stereocenters. The molecule has 0 aromatic carbocycles. The summed E-state index contributed by atoms with van der Waals surface area (Å²) in [4.78, 5) is 4.03. The molecule has 4 heteroatoms. The van der Waals surface area contributed by atoms with Gasteiger partial charge in [0.05, 0.1) is 11.7 Å². The van der Waals surface area contributed by atoms with E-state index in [9.17, 15) is 0 Å². The Balaban J connectivity index is 2.07. The highest BCUT2D eigenvalue weighted by molar-refractivity contribution is 9.10. The summed E-state index contributed by atoms with van der Waals surface area (Å²) in [5.74, 6) is 0.894. The largest absolute Gasteiger partial charge is 0.452 e. The van der Waals surface area contributed by atoms with Crippen LogP contribution < -0.4 is 5.32 Å². The van der Waals surface area contributed by atoms with E-state index in [1.165, 1.54) is 0 Å². The summed E-state index contributed by atoms with van der Waals surface area (Å²) in [5, 5.41) is 3.29. The second kappa shape index (κ2) is 4.49. The molecule has 0 fully saturated rings. The van der Waals surface area contributed by atoms with E-state index >= 15 is 0 Å². The van der Waals surface area contributed by atoms with Crippen LogP contribution in [-0.4, -0.2) is 4.98 Å². The smallest absolute Gasteiger partial charge is 0.169 e. The lowest BCUT2D eigenvalue weighted by atomic mass is 10.2. The number of hydrogen-bond donors (Lipinski definition) is 1. The molecule has 78 valence electrons. The van der Waals surface area contributed by atoms with Gasteiger partial charge in [-0.1, -0.05) is 0 Å². The number of hydrogen-bond acceptors (Lipinski definition) is 3. The second-order valence-electron chi connectivity index (χ2n) is 3.25. The minimum Gasteiger partial charge on any atom is -0.452 e. The van der Waals surface area contributed by atoms with Crippen LogP contribution in [0, 0.1) is 0 Å². The second-order valence-corrected chi connectivity index (χ2v) is 4.03. The van der Waals surface area contributed by atoms with Gasteiger partial charge in [0.2, 0.25) is 0 Å². The van der Waals surface area contributed by atoms with Crippen molar-refractivity contribution in [1.29, 1.82) is 0 Å². The molecule has 1 N–H and O–H groups in total. The number of pyridine rings is 1. The summed E-state index contributed by atoms with van der Waals surface area (Å²) < 4.78 is 6.20. The van der Waals surface area contributed by atoms with E-state index in [1.807, 2.05) is 31.2 Å². The molecule has 0 saturated carbocycles. The average molecular weight is 267 g/mol. The first-order valence-corrected chi connectivity index (χ1v) is 5.47. The average Bonchev–Trinajstić information content (AvgIpc) is 2.66. The molecule has 0 aliphatic heterocycles. The molecule has 0 amide bonds. The van der Waals surface area contributed by atoms with Gasteiger partial charge in [0.1, 0.15) is 5.76 Å². The van der Waals surface area contributed by atoms with Gasteiger partial charge in [0, 0.05) is 12.4 Å². The number of anilines is 1. The van der Waals surface area contributed by atoms with Crippen molar-refractivity contribution < 1.29 is 4.42 Å². The Morgan fingerprint density at radius 1 is 1.40 bits per heavy atom. The zero-order chi connectivity index (χ0) is 10.7. The van der Waals surface area contributed by atoms with Crippen molar-refractivity contribution in [2.45, 2.75) is 13.0 Å². The van der Waals surface area contributed by atoms with Gasteiger partial charge in [-0.2, -0.15) is 0 Å². The molecule has 0 bridgehead atoms. The minimum atomic E-state index is 0.125. The first kappa shape index (κ1) is 10.2. The molecule has 2 heterocycles. The minimum absolute atomic E-state index is 0.125. The third-order valence-corrected chi connectivity index (χ3v) is 2.49. The van der Waals surface area contributed by atoms with Gasteiger partial charge in [-0.3, -0.25) is 4.98 Å². The summed E-state index contributed by atoms with van der Waals surface area (Å²) in [5.41, 5.74) is 0.984. The van der Waals surface area contributed by atoms with Gasteiger partial charge in [-0.25, -0.2) is 0 Å². The van der Waals surface area contributed by atoms with Crippen LogP contribution in [0.25, 0.3) is 0 Å². The molecule has 0 spiro atoms. The molecule has 15 heavy (non-hydrogen) atoms. The molecule has 0 saturated heterocycles. The van der Waals surface area contributed by atoms with E-state index in [0.29, 0.717) is 0 Å². The lowest BCUT2D eigenvalue weighted by Crippen LogP contribution is -2.05. The van der Waals surface area contributed by atoms with E-state index in [1.54, 1.807) is 12.4 Å². The Morgan fingerprint density at radius 3 is 2.87 bits per heavy atom. The quantitative estimate of drug-likeness (QED) is 0.923. The fourth-order valence-corrected chi connectivity index (χ4v) is 1.65. The number of halogens is 1. The van der Waals surface area contributed by atoms with Crippen LogP contribution in [0.15, 0.2) is 45.7 Å². The molecule has 0 radical (unpaired) electrons. The third kappa shape index (κ3) is 2.59. The predicted molar refractivity (Wildman–Crippen MR) is 62.7 cm³/mol. The number of rotatable bonds is 3.